The van der Waals surface area contributed by atoms with E-state index in [1.165, 1.54) is 6.33 Å². The summed E-state index contributed by atoms with van der Waals surface area (Å²) in [6.07, 6.45) is 1.74. The van der Waals surface area contributed by atoms with E-state index in [2.05, 4.69) is 15.3 Å². The molecule has 104 valence electrons. The van der Waals surface area contributed by atoms with Crippen molar-refractivity contribution in [3.05, 3.63) is 34.9 Å². The Morgan fingerprint density at radius 3 is 2.80 bits per heavy atom. The number of amides is 1. The normalized spacial score (nSPS) is 23.6. The quantitative estimate of drug-likeness (QED) is 0.836. The molecule has 0 bridgehead atoms. The fourth-order valence-electron chi connectivity index (χ4n) is 2.06. The van der Waals surface area contributed by atoms with Crippen LogP contribution in [0.15, 0.2) is 29.3 Å². The van der Waals surface area contributed by atoms with Crippen molar-refractivity contribution in [2.24, 2.45) is 5.41 Å². The minimum Gasteiger partial charge on any atom is -0.325 e. The number of carbonyl (C=O) groups excluding carboxylic acids is 1. The molecule has 0 saturated heterocycles. The van der Waals surface area contributed by atoms with Crippen molar-refractivity contribution in [3.63, 3.8) is 0 Å². The molecule has 3 rings (SSSR count). The van der Waals surface area contributed by atoms with Gasteiger partial charge in [-0.15, -0.1) is 23.2 Å². The predicted octanol–water partition coefficient (Wildman–Crippen LogP) is 2.45. The maximum absolute atomic E-state index is 12.2. The zero-order valence-corrected chi connectivity index (χ0v) is 12.0. The molecule has 1 amide bonds. The Balaban J connectivity index is 1.91. The molecule has 1 fully saturated rings. The number of H-pyrrole nitrogens is 1. The summed E-state index contributed by atoms with van der Waals surface area (Å²) >= 11 is 11.9. The summed E-state index contributed by atoms with van der Waals surface area (Å²) in [4.78, 5) is 30.4. The van der Waals surface area contributed by atoms with Crippen molar-refractivity contribution in [2.75, 3.05) is 5.32 Å². The van der Waals surface area contributed by atoms with E-state index >= 15 is 0 Å². The number of rotatable bonds is 2. The van der Waals surface area contributed by atoms with E-state index in [-0.39, 0.29) is 11.5 Å². The number of hydrogen-bond donors (Lipinski definition) is 2. The summed E-state index contributed by atoms with van der Waals surface area (Å²) in [5.41, 5.74) is 0.0197. The lowest BCUT2D eigenvalue weighted by atomic mass is 10.1. The Labute approximate surface area is 124 Å². The lowest BCUT2D eigenvalue weighted by Gasteiger charge is -2.12. The topological polar surface area (TPSA) is 74.8 Å². The average Bonchev–Trinajstić information content (AvgIpc) is 2.91. The first kappa shape index (κ1) is 13.4. The summed E-state index contributed by atoms with van der Waals surface area (Å²) in [5, 5.41) is 3.14. The van der Waals surface area contributed by atoms with E-state index in [9.17, 15) is 9.59 Å². The van der Waals surface area contributed by atoms with E-state index in [0.29, 0.717) is 23.0 Å². The third-order valence-electron chi connectivity index (χ3n) is 3.66. The van der Waals surface area contributed by atoms with Crippen LogP contribution in [0.2, 0.25) is 0 Å². The van der Waals surface area contributed by atoms with E-state index in [1.54, 1.807) is 25.1 Å². The SMILES string of the molecule is CC1(C(=O)Nc2ccc3nc[nH]c(=O)c3c2)CC1(Cl)Cl. The van der Waals surface area contributed by atoms with Gasteiger partial charge in [0.1, 0.15) is 4.33 Å². The molecule has 2 N–H and O–H groups in total. The van der Waals surface area contributed by atoms with Crippen molar-refractivity contribution in [1.29, 1.82) is 0 Å². The molecule has 20 heavy (non-hydrogen) atoms. The molecular weight excluding hydrogens is 301 g/mol. The van der Waals surface area contributed by atoms with Gasteiger partial charge in [-0.1, -0.05) is 0 Å². The number of alkyl halides is 2. The van der Waals surface area contributed by atoms with Crippen LogP contribution in [0, 0.1) is 5.41 Å². The third-order valence-corrected chi connectivity index (χ3v) is 4.76. The molecule has 7 heteroatoms. The number of aromatic nitrogens is 2. The maximum atomic E-state index is 12.2. The fraction of sp³-hybridized carbons (Fsp3) is 0.308. The van der Waals surface area contributed by atoms with Gasteiger partial charge in [-0.2, -0.15) is 0 Å². The number of carbonyl (C=O) groups is 1. The van der Waals surface area contributed by atoms with Crippen LogP contribution in [0.3, 0.4) is 0 Å². The third kappa shape index (κ3) is 1.98. The van der Waals surface area contributed by atoms with Gasteiger partial charge >= 0.3 is 0 Å². The highest BCUT2D eigenvalue weighted by molar-refractivity contribution is 6.53. The second-order valence-electron chi connectivity index (χ2n) is 5.13. The smallest absolute Gasteiger partial charge is 0.258 e. The molecule has 0 aliphatic heterocycles. The Kier molecular flexibility index (Phi) is 2.81. The number of aromatic amines is 1. The maximum Gasteiger partial charge on any atom is 0.258 e. The highest BCUT2D eigenvalue weighted by atomic mass is 35.5. The highest BCUT2D eigenvalue weighted by Crippen LogP contribution is 2.64. The number of benzene rings is 1. The zero-order chi connectivity index (χ0) is 14.5. The van der Waals surface area contributed by atoms with Crippen molar-refractivity contribution in [3.8, 4) is 0 Å². The standard InChI is InChI=1S/C13H11Cl2N3O2/c1-12(5-13(12,14)15)11(20)18-7-2-3-9-8(4-7)10(19)17-6-16-9/h2-4,6H,5H2,1H3,(H,18,20)(H,16,17,19). The number of nitrogens with one attached hydrogen (secondary N) is 2. The highest BCUT2D eigenvalue weighted by Gasteiger charge is 2.67. The van der Waals surface area contributed by atoms with Gasteiger partial charge in [-0.3, -0.25) is 9.59 Å². The minimum absolute atomic E-state index is 0.257. The minimum atomic E-state index is -1.02. The Morgan fingerprint density at radius 1 is 1.45 bits per heavy atom. The fourth-order valence-corrected chi connectivity index (χ4v) is 2.77. The lowest BCUT2D eigenvalue weighted by Crippen LogP contribution is -2.26. The molecule has 1 unspecified atom stereocenters. The van der Waals surface area contributed by atoms with Crippen LogP contribution in [-0.2, 0) is 4.79 Å². The molecule has 0 spiro atoms. The first-order valence-electron chi connectivity index (χ1n) is 6.00. The van der Waals surface area contributed by atoms with Crippen LogP contribution in [0.5, 0.6) is 0 Å². The summed E-state index contributed by atoms with van der Waals surface area (Å²) in [6.45, 7) is 1.71. The number of nitrogens with zero attached hydrogens (tertiary/aromatic N) is 1. The van der Waals surface area contributed by atoms with E-state index in [4.69, 9.17) is 23.2 Å². The predicted molar refractivity (Wildman–Crippen MR) is 78.2 cm³/mol. The van der Waals surface area contributed by atoms with Crippen LogP contribution in [0.1, 0.15) is 13.3 Å². The second-order valence-corrected chi connectivity index (χ2v) is 6.61. The van der Waals surface area contributed by atoms with Crippen molar-refractivity contribution in [2.45, 2.75) is 17.7 Å². The first-order chi connectivity index (χ1) is 9.33. The molecule has 1 aliphatic rings. The van der Waals surface area contributed by atoms with Gasteiger partial charge in [0.2, 0.25) is 5.91 Å². The van der Waals surface area contributed by atoms with Gasteiger partial charge in [0.15, 0.2) is 0 Å². The molecular formula is C13H11Cl2N3O2. The molecule has 1 aromatic carbocycles. The van der Waals surface area contributed by atoms with Crippen LogP contribution < -0.4 is 10.9 Å². The summed E-state index contributed by atoms with van der Waals surface area (Å²) in [7, 11) is 0. The van der Waals surface area contributed by atoms with Gasteiger partial charge in [-0.05, 0) is 31.5 Å². The Morgan fingerprint density at radius 2 is 2.15 bits per heavy atom. The second kappa shape index (κ2) is 4.20. The molecule has 5 nitrogen and oxygen atoms in total. The van der Waals surface area contributed by atoms with Gasteiger partial charge in [0.05, 0.1) is 22.6 Å². The molecule has 1 atom stereocenters. The molecule has 0 radical (unpaired) electrons. The van der Waals surface area contributed by atoms with Crippen LogP contribution in [-0.4, -0.2) is 20.2 Å². The number of anilines is 1. The molecule has 1 heterocycles. The van der Waals surface area contributed by atoms with Crippen molar-refractivity contribution >= 4 is 45.7 Å². The van der Waals surface area contributed by atoms with Crippen LogP contribution in [0.4, 0.5) is 5.69 Å². The number of halogens is 2. The van der Waals surface area contributed by atoms with E-state index in [1.807, 2.05) is 0 Å². The van der Waals surface area contributed by atoms with Gasteiger partial charge in [-0.25, -0.2) is 4.98 Å². The summed E-state index contributed by atoms with van der Waals surface area (Å²) in [6, 6.07) is 4.93. The van der Waals surface area contributed by atoms with Gasteiger partial charge in [0, 0.05) is 5.69 Å². The van der Waals surface area contributed by atoms with Crippen molar-refractivity contribution < 1.29 is 4.79 Å². The number of fused-ring (bicyclic) bond motifs is 1. The van der Waals surface area contributed by atoms with E-state index < -0.39 is 9.75 Å². The molecule has 2 aromatic rings. The van der Waals surface area contributed by atoms with Crippen LogP contribution in [0.25, 0.3) is 10.9 Å². The van der Waals surface area contributed by atoms with Gasteiger partial charge in [0.25, 0.3) is 5.56 Å². The average molecular weight is 312 g/mol. The van der Waals surface area contributed by atoms with Crippen LogP contribution >= 0.6 is 23.2 Å². The monoisotopic (exact) mass is 311 g/mol. The Hall–Kier alpha value is -1.59. The Bertz CT molecular complexity index is 772. The molecule has 1 aromatic heterocycles. The molecule has 1 aliphatic carbocycles. The van der Waals surface area contributed by atoms with E-state index in [0.717, 1.165) is 0 Å². The first-order valence-corrected chi connectivity index (χ1v) is 6.76. The summed E-state index contributed by atoms with van der Waals surface area (Å²) < 4.78 is -1.02. The lowest BCUT2D eigenvalue weighted by molar-refractivity contribution is -0.120. The molecule has 1 saturated carbocycles. The van der Waals surface area contributed by atoms with Crippen molar-refractivity contribution in [1.82, 2.24) is 9.97 Å². The van der Waals surface area contributed by atoms with Gasteiger partial charge < -0.3 is 10.3 Å². The summed E-state index contributed by atoms with van der Waals surface area (Å²) in [5.74, 6) is -0.262. The largest absolute Gasteiger partial charge is 0.325 e. The zero-order valence-electron chi connectivity index (χ0n) is 10.5. The number of hydrogen-bond acceptors (Lipinski definition) is 3.